The van der Waals surface area contributed by atoms with E-state index < -0.39 is 37.1 Å². The number of nitrogens with zero attached hydrogens (tertiary/aromatic N) is 2. The molecule has 5 N–H and O–H groups in total. The smallest absolute Gasteiger partial charge is 0.182 e. The number of aromatic hydroxyl groups is 1. The largest absolute Gasteiger partial charge is 0.507 e. The monoisotopic (exact) mass is 472 g/mol. The topological polar surface area (TPSA) is 145 Å². The lowest BCUT2D eigenvalue weighted by atomic mass is 9.87. The number of aliphatic hydroxyl groups is 4. The number of phenolic OH excluding ortho intramolecular Hbond substituents is 1. The lowest BCUT2D eigenvalue weighted by molar-refractivity contribution is -0.231. The molecule has 1 saturated heterocycles. The third-order valence-electron chi connectivity index (χ3n) is 6.05. The third-order valence-corrected chi connectivity index (χ3v) is 6.99. The molecular weight excluding hydrogens is 448 g/mol. The Morgan fingerprint density at radius 2 is 1.82 bits per heavy atom. The first-order valence-corrected chi connectivity index (χ1v) is 11.5. The highest BCUT2D eigenvalue weighted by Crippen LogP contribution is 2.41. The van der Waals surface area contributed by atoms with Crippen LogP contribution in [0.25, 0.3) is 16.5 Å². The van der Waals surface area contributed by atoms with Crippen LogP contribution in [0.4, 0.5) is 0 Å². The molecular formula is C23H24N2O7S. The van der Waals surface area contributed by atoms with E-state index in [1.165, 1.54) is 11.3 Å². The van der Waals surface area contributed by atoms with Crippen molar-refractivity contribution >= 4 is 27.9 Å². The van der Waals surface area contributed by atoms with Crippen LogP contribution < -0.4 is 0 Å². The second kappa shape index (κ2) is 8.98. The number of fused-ring (bicyclic) bond motifs is 1. The molecule has 5 rings (SSSR count). The highest BCUT2D eigenvalue weighted by atomic mass is 32.1. The van der Waals surface area contributed by atoms with Crippen molar-refractivity contribution < 1.29 is 35.0 Å². The summed E-state index contributed by atoms with van der Waals surface area (Å²) in [6.07, 6.45) is -3.35. The lowest BCUT2D eigenvalue weighted by Crippen LogP contribution is -2.55. The van der Waals surface area contributed by atoms with E-state index in [1.54, 1.807) is 30.3 Å². The lowest BCUT2D eigenvalue weighted by Gasteiger charge is -2.40. The zero-order chi connectivity index (χ0) is 23.1. The van der Waals surface area contributed by atoms with Gasteiger partial charge in [-0.1, -0.05) is 35.6 Å². The van der Waals surface area contributed by atoms with E-state index in [0.29, 0.717) is 44.3 Å². The third kappa shape index (κ3) is 3.99. The van der Waals surface area contributed by atoms with Gasteiger partial charge in [0.1, 0.15) is 41.3 Å². The summed E-state index contributed by atoms with van der Waals surface area (Å²) in [6, 6.07) is 8.82. The molecule has 1 aromatic heterocycles. The molecule has 9 nitrogen and oxygen atoms in total. The Bertz CT molecular complexity index is 1190. The van der Waals surface area contributed by atoms with Gasteiger partial charge in [-0.25, -0.2) is 0 Å². The van der Waals surface area contributed by atoms with Gasteiger partial charge < -0.3 is 35.0 Å². The second-order valence-electron chi connectivity index (χ2n) is 8.15. The van der Waals surface area contributed by atoms with Crippen molar-refractivity contribution in [3.63, 3.8) is 0 Å². The van der Waals surface area contributed by atoms with Crippen LogP contribution >= 0.6 is 11.3 Å². The van der Waals surface area contributed by atoms with Crippen LogP contribution in [-0.2, 0) is 15.9 Å². The maximum Gasteiger partial charge on any atom is 0.182 e. The SMILES string of the molecule is OC[C@H]1O[C@@H](c2cc(Cc3nnc(C4=CCCO4)s3)c(O)c3ccccc23)[C@H](O)[C@@H](O)[C@@H]1O. The van der Waals surface area contributed by atoms with Crippen molar-refractivity contribution in [1.82, 2.24) is 10.2 Å². The van der Waals surface area contributed by atoms with E-state index in [-0.39, 0.29) is 12.2 Å². The second-order valence-corrected chi connectivity index (χ2v) is 9.21. The first-order valence-electron chi connectivity index (χ1n) is 10.7. The van der Waals surface area contributed by atoms with E-state index >= 15 is 0 Å². The number of benzene rings is 2. The zero-order valence-electron chi connectivity index (χ0n) is 17.5. The van der Waals surface area contributed by atoms with E-state index in [0.717, 1.165) is 6.42 Å². The van der Waals surface area contributed by atoms with Crippen molar-refractivity contribution in [2.24, 2.45) is 0 Å². The Labute approximate surface area is 193 Å². The summed E-state index contributed by atoms with van der Waals surface area (Å²) in [7, 11) is 0. The van der Waals surface area contributed by atoms with E-state index in [4.69, 9.17) is 9.47 Å². The number of phenols is 1. The molecule has 2 aliphatic heterocycles. The van der Waals surface area contributed by atoms with E-state index in [9.17, 15) is 25.5 Å². The van der Waals surface area contributed by atoms with Crippen LogP contribution in [0.2, 0.25) is 0 Å². The maximum absolute atomic E-state index is 11.0. The van der Waals surface area contributed by atoms with Crippen LogP contribution in [0.5, 0.6) is 5.75 Å². The van der Waals surface area contributed by atoms with Crippen LogP contribution in [0, 0.1) is 0 Å². The molecule has 2 aromatic carbocycles. The Morgan fingerprint density at radius 1 is 1.03 bits per heavy atom. The fourth-order valence-electron chi connectivity index (χ4n) is 4.33. The minimum atomic E-state index is -1.50. The molecule has 0 aliphatic carbocycles. The summed E-state index contributed by atoms with van der Waals surface area (Å²) in [6.45, 7) is 0.105. The molecule has 0 unspecified atom stereocenters. The van der Waals surface area contributed by atoms with Crippen molar-refractivity contribution in [3.05, 3.63) is 57.6 Å². The maximum atomic E-state index is 11.0. The zero-order valence-corrected chi connectivity index (χ0v) is 18.4. The van der Waals surface area contributed by atoms with Gasteiger partial charge in [0.25, 0.3) is 0 Å². The summed E-state index contributed by atoms with van der Waals surface area (Å²) < 4.78 is 11.3. The molecule has 33 heavy (non-hydrogen) atoms. The highest BCUT2D eigenvalue weighted by Gasteiger charge is 2.44. The minimum absolute atomic E-state index is 0.0759. The quantitative estimate of drug-likeness (QED) is 0.370. The van der Waals surface area contributed by atoms with Crippen molar-refractivity contribution in [2.45, 2.75) is 43.4 Å². The standard InChI is InChI=1S/C23H24N2O7S/c26-10-16-19(28)20(29)21(30)22(32-16)14-8-11(18(27)13-5-2-1-4-12(13)14)9-17-24-25-23(33-17)15-6-3-7-31-15/h1-2,4-6,8,16,19-22,26-30H,3,7,9-10H2/t16-,19-,20+,21-,22+/m1/s1. The van der Waals surface area contributed by atoms with Gasteiger partial charge in [0.2, 0.25) is 0 Å². The first-order chi connectivity index (χ1) is 16.0. The molecule has 0 saturated carbocycles. The fourth-order valence-corrected chi connectivity index (χ4v) is 5.19. The normalized spacial score (nSPS) is 27.5. The molecule has 3 aromatic rings. The van der Waals surface area contributed by atoms with Crippen LogP contribution in [0.15, 0.2) is 36.4 Å². The average Bonchev–Trinajstić information content (AvgIpc) is 3.52. The van der Waals surface area contributed by atoms with Crippen LogP contribution in [-0.4, -0.2) is 73.4 Å². The molecule has 0 spiro atoms. The van der Waals surface area contributed by atoms with Gasteiger partial charge in [0, 0.05) is 23.8 Å². The Hall–Kier alpha value is -2.60. The summed E-state index contributed by atoms with van der Waals surface area (Å²) >= 11 is 1.37. The predicted octanol–water partition coefficient (Wildman–Crippen LogP) is 1.26. The number of hydrogen-bond acceptors (Lipinski definition) is 10. The number of hydrogen-bond donors (Lipinski definition) is 5. The number of aliphatic hydroxyl groups excluding tert-OH is 4. The number of rotatable bonds is 5. The summed E-state index contributed by atoms with van der Waals surface area (Å²) in [5.74, 6) is 0.788. The van der Waals surface area contributed by atoms with Gasteiger partial charge in [0.15, 0.2) is 10.8 Å². The van der Waals surface area contributed by atoms with Gasteiger partial charge in [-0.15, -0.1) is 10.2 Å². The molecule has 5 atom stereocenters. The molecule has 174 valence electrons. The van der Waals surface area contributed by atoms with Gasteiger partial charge in [-0.3, -0.25) is 0 Å². The first kappa shape index (κ1) is 22.2. The van der Waals surface area contributed by atoms with Crippen molar-refractivity contribution in [2.75, 3.05) is 13.2 Å². The average molecular weight is 473 g/mol. The number of ether oxygens (including phenoxy) is 2. The Kier molecular flexibility index (Phi) is 6.04. The molecule has 3 heterocycles. The summed E-state index contributed by atoms with van der Waals surface area (Å²) in [4.78, 5) is 0. The fraction of sp³-hybridized carbons (Fsp3) is 0.391. The molecule has 0 bridgehead atoms. The van der Waals surface area contributed by atoms with Crippen LogP contribution in [0.3, 0.4) is 0 Å². The van der Waals surface area contributed by atoms with E-state index in [1.807, 2.05) is 6.08 Å². The van der Waals surface area contributed by atoms with Crippen molar-refractivity contribution in [1.29, 1.82) is 0 Å². The van der Waals surface area contributed by atoms with Gasteiger partial charge >= 0.3 is 0 Å². The molecule has 1 fully saturated rings. The van der Waals surface area contributed by atoms with Gasteiger partial charge in [-0.2, -0.15) is 0 Å². The minimum Gasteiger partial charge on any atom is -0.507 e. The van der Waals surface area contributed by atoms with Crippen molar-refractivity contribution in [3.8, 4) is 5.75 Å². The summed E-state index contributed by atoms with van der Waals surface area (Å²) in [5.41, 5.74) is 1.08. The molecule has 0 radical (unpaired) electrons. The number of aromatic nitrogens is 2. The van der Waals surface area contributed by atoms with Gasteiger partial charge in [-0.05, 0) is 23.1 Å². The Morgan fingerprint density at radius 3 is 2.55 bits per heavy atom. The predicted molar refractivity (Wildman–Crippen MR) is 120 cm³/mol. The summed E-state index contributed by atoms with van der Waals surface area (Å²) in [5, 5.41) is 62.7. The molecule has 0 amide bonds. The van der Waals surface area contributed by atoms with Crippen LogP contribution in [0.1, 0.15) is 33.7 Å². The Balaban J connectivity index is 1.55. The van der Waals surface area contributed by atoms with Gasteiger partial charge in [0.05, 0.1) is 13.2 Å². The molecule has 2 aliphatic rings. The highest BCUT2D eigenvalue weighted by molar-refractivity contribution is 7.12. The van der Waals surface area contributed by atoms with E-state index in [2.05, 4.69) is 10.2 Å². The molecule has 10 heteroatoms.